The molecule has 0 fully saturated rings. The Balaban J connectivity index is 2.09. The van der Waals surface area contributed by atoms with Crippen LogP contribution in [0.2, 0.25) is 0 Å². The van der Waals surface area contributed by atoms with Gasteiger partial charge in [-0.15, -0.1) is 0 Å². The van der Waals surface area contributed by atoms with Crippen molar-refractivity contribution in [2.45, 2.75) is 46.5 Å². The zero-order valence-electron chi connectivity index (χ0n) is 18.6. The third-order valence-electron chi connectivity index (χ3n) is 5.78. The zero-order chi connectivity index (χ0) is 21.3. The summed E-state index contributed by atoms with van der Waals surface area (Å²) in [6, 6.07) is 25.8. The molecule has 3 aromatic carbocycles. The first-order valence-electron chi connectivity index (χ1n) is 10.8. The average molecular weight is 395 g/mol. The van der Waals surface area contributed by atoms with Gasteiger partial charge in [0.1, 0.15) is 5.82 Å². The predicted molar refractivity (Wildman–Crippen MR) is 127 cm³/mol. The van der Waals surface area contributed by atoms with E-state index in [2.05, 4.69) is 118 Å². The van der Waals surface area contributed by atoms with Crippen molar-refractivity contribution in [3.8, 4) is 28.3 Å². The summed E-state index contributed by atoms with van der Waals surface area (Å²) in [5.74, 6) is 1.84. The van der Waals surface area contributed by atoms with Crippen molar-refractivity contribution in [2.24, 2.45) is 0 Å². The lowest BCUT2D eigenvalue weighted by atomic mass is 9.87. The van der Waals surface area contributed by atoms with Gasteiger partial charge in [0.05, 0.1) is 17.6 Å². The van der Waals surface area contributed by atoms with E-state index in [4.69, 9.17) is 4.98 Å². The Hall–Kier alpha value is -3.13. The highest BCUT2D eigenvalue weighted by molar-refractivity contribution is 5.75. The summed E-state index contributed by atoms with van der Waals surface area (Å²) in [4.78, 5) is 4.94. The van der Waals surface area contributed by atoms with Crippen LogP contribution < -0.4 is 0 Å². The molecule has 0 N–H and O–H groups in total. The van der Waals surface area contributed by atoms with Crippen LogP contribution in [0.3, 0.4) is 0 Å². The molecule has 2 heteroatoms. The molecule has 0 saturated carbocycles. The van der Waals surface area contributed by atoms with Gasteiger partial charge in [-0.05, 0) is 41.5 Å². The number of benzene rings is 3. The summed E-state index contributed by atoms with van der Waals surface area (Å²) in [5, 5.41) is 0. The molecule has 0 atom stereocenters. The molecule has 1 aromatic heterocycles. The molecule has 0 radical (unpaired) electrons. The van der Waals surface area contributed by atoms with E-state index in [1.807, 2.05) is 0 Å². The second-order valence-electron chi connectivity index (χ2n) is 8.58. The number of hydrogen-bond acceptors (Lipinski definition) is 1. The van der Waals surface area contributed by atoms with E-state index in [9.17, 15) is 0 Å². The molecule has 0 amide bonds. The van der Waals surface area contributed by atoms with Gasteiger partial charge in [0, 0.05) is 11.1 Å². The van der Waals surface area contributed by atoms with Crippen LogP contribution in [-0.4, -0.2) is 9.55 Å². The molecule has 2 nitrogen and oxygen atoms in total. The van der Waals surface area contributed by atoms with Gasteiger partial charge in [0.25, 0.3) is 0 Å². The van der Waals surface area contributed by atoms with Crippen molar-refractivity contribution in [3.05, 3.63) is 95.7 Å². The van der Waals surface area contributed by atoms with E-state index in [0.717, 1.165) is 17.1 Å². The maximum atomic E-state index is 4.94. The third-order valence-corrected chi connectivity index (χ3v) is 5.78. The Kier molecular flexibility index (Phi) is 5.59. The van der Waals surface area contributed by atoms with Crippen molar-refractivity contribution >= 4 is 0 Å². The molecule has 0 unspecified atom stereocenters. The summed E-state index contributed by atoms with van der Waals surface area (Å²) < 4.78 is 2.34. The van der Waals surface area contributed by atoms with Crippen LogP contribution in [0.4, 0.5) is 0 Å². The van der Waals surface area contributed by atoms with Crippen LogP contribution in [0.5, 0.6) is 0 Å². The Morgan fingerprint density at radius 3 is 1.90 bits per heavy atom. The number of rotatable bonds is 5. The Morgan fingerprint density at radius 1 is 0.700 bits per heavy atom. The summed E-state index contributed by atoms with van der Waals surface area (Å²) in [7, 11) is 0. The SMILES string of the molecule is Cc1ccccc1-n1c(-c2c(C(C)C)cccc2C(C)C)cnc1-c1ccccc1. The third kappa shape index (κ3) is 3.59. The van der Waals surface area contributed by atoms with Gasteiger partial charge in [0.2, 0.25) is 0 Å². The Morgan fingerprint density at radius 2 is 1.30 bits per heavy atom. The summed E-state index contributed by atoms with van der Waals surface area (Å²) in [6.07, 6.45) is 2.06. The summed E-state index contributed by atoms with van der Waals surface area (Å²) in [5.41, 5.74) is 8.77. The topological polar surface area (TPSA) is 17.8 Å². The highest BCUT2D eigenvalue weighted by Crippen LogP contribution is 2.39. The van der Waals surface area contributed by atoms with E-state index in [0.29, 0.717) is 11.8 Å². The number of para-hydroxylation sites is 1. The van der Waals surface area contributed by atoms with E-state index < -0.39 is 0 Å². The monoisotopic (exact) mass is 394 g/mol. The van der Waals surface area contributed by atoms with E-state index in [1.165, 1.54) is 27.9 Å². The van der Waals surface area contributed by atoms with E-state index in [1.54, 1.807) is 0 Å². The van der Waals surface area contributed by atoms with Crippen LogP contribution in [0.25, 0.3) is 28.3 Å². The second-order valence-corrected chi connectivity index (χ2v) is 8.58. The lowest BCUT2D eigenvalue weighted by Crippen LogP contribution is -2.06. The van der Waals surface area contributed by atoms with Gasteiger partial charge in [-0.2, -0.15) is 0 Å². The van der Waals surface area contributed by atoms with Crippen LogP contribution in [-0.2, 0) is 0 Å². The largest absolute Gasteiger partial charge is 0.292 e. The lowest BCUT2D eigenvalue weighted by Gasteiger charge is -2.22. The van der Waals surface area contributed by atoms with Gasteiger partial charge in [-0.25, -0.2) is 4.98 Å². The predicted octanol–water partition coefficient (Wildman–Crippen LogP) is 7.76. The molecule has 0 aliphatic heterocycles. The minimum absolute atomic E-state index is 0.430. The fourth-order valence-corrected chi connectivity index (χ4v) is 4.22. The number of aromatic nitrogens is 2. The van der Waals surface area contributed by atoms with Crippen LogP contribution in [0.1, 0.15) is 56.2 Å². The summed E-state index contributed by atoms with van der Waals surface area (Å²) >= 11 is 0. The Bertz CT molecular complexity index is 1120. The van der Waals surface area contributed by atoms with E-state index >= 15 is 0 Å². The molecule has 0 saturated heterocycles. The first kappa shape index (κ1) is 20.2. The maximum absolute atomic E-state index is 4.94. The molecule has 0 spiro atoms. The van der Waals surface area contributed by atoms with Crippen molar-refractivity contribution in [2.75, 3.05) is 0 Å². The molecular weight excluding hydrogens is 364 g/mol. The lowest BCUT2D eigenvalue weighted by molar-refractivity contribution is 0.834. The standard InChI is InChI=1S/C28H30N2/c1-19(2)23-15-11-16-24(20(3)4)27(23)26-18-29-28(22-13-7-6-8-14-22)30(26)25-17-10-9-12-21(25)5/h6-20H,1-5H3. The molecule has 0 aliphatic carbocycles. The first-order chi connectivity index (χ1) is 14.5. The molecule has 4 aromatic rings. The summed E-state index contributed by atoms with van der Waals surface area (Å²) in [6.45, 7) is 11.3. The minimum atomic E-state index is 0.430. The highest BCUT2D eigenvalue weighted by atomic mass is 15.1. The maximum Gasteiger partial charge on any atom is 0.144 e. The molecule has 30 heavy (non-hydrogen) atoms. The molecule has 152 valence electrons. The molecule has 0 bridgehead atoms. The number of nitrogens with zero attached hydrogens (tertiary/aromatic N) is 2. The van der Waals surface area contributed by atoms with Crippen molar-refractivity contribution in [3.63, 3.8) is 0 Å². The van der Waals surface area contributed by atoms with Crippen LogP contribution in [0, 0.1) is 6.92 Å². The van der Waals surface area contributed by atoms with Crippen molar-refractivity contribution < 1.29 is 0 Å². The van der Waals surface area contributed by atoms with Gasteiger partial charge in [-0.3, -0.25) is 4.57 Å². The fraction of sp³-hybridized carbons (Fsp3) is 0.250. The van der Waals surface area contributed by atoms with Gasteiger partial charge in [-0.1, -0.05) is 94.4 Å². The van der Waals surface area contributed by atoms with Gasteiger partial charge < -0.3 is 0 Å². The number of imidazole rings is 1. The minimum Gasteiger partial charge on any atom is -0.292 e. The quantitative estimate of drug-likeness (QED) is 0.338. The molecule has 0 aliphatic rings. The number of hydrogen-bond donors (Lipinski definition) is 0. The normalized spacial score (nSPS) is 11.4. The van der Waals surface area contributed by atoms with Gasteiger partial charge in [0.15, 0.2) is 0 Å². The molecular formula is C28H30N2. The van der Waals surface area contributed by atoms with Gasteiger partial charge >= 0.3 is 0 Å². The molecule has 4 rings (SSSR count). The first-order valence-corrected chi connectivity index (χ1v) is 10.8. The smallest absolute Gasteiger partial charge is 0.144 e. The van der Waals surface area contributed by atoms with Crippen LogP contribution in [0.15, 0.2) is 79.0 Å². The van der Waals surface area contributed by atoms with E-state index in [-0.39, 0.29) is 0 Å². The highest BCUT2D eigenvalue weighted by Gasteiger charge is 2.22. The van der Waals surface area contributed by atoms with Crippen LogP contribution >= 0.6 is 0 Å². The Labute approximate surface area is 180 Å². The second kappa shape index (κ2) is 8.31. The van der Waals surface area contributed by atoms with Crippen molar-refractivity contribution in [1.29, 1.82) is 0 Å². The fourth-order valence-electron chi connectivity index (χ4n) is 4.22. The average Bonchev–Trinajstić information content (AvgIpc) is 3.18. The molecule has 1 heterocycles. The zero-order valence-corrected chi connectivity index (χ0v) is 18.6. The van der Waals surface area contributed by atoms with Crippen molar-refractivity contribution in [1.82, 2.24) is 9.55 Å². The number of aryl methyl sites for hydroxylation is 1.